The maximum absolute atomic E-state index is 3.81. The van der Waals surface area contributed by atoms with Crippen molar-refractivity contribution in [2.45, 2.75) is 71.1 Å². The predicted octanol–water partition coefficient (Wildman–Crippen LogP) is 5.59. The maximum atomic E-state index is 3.81. The fraction of sp³-hybridized carbons (Fsp3) is 0.478. The molecule has 1 aliphatic rings. The Bertz CT molecular complexity index is 640. The summed E-state index contributed by atoms with van der Waals surface area (Å²) in [7, 11) is 0. The van der Waals surface area contributed by atoms with Crippen molar-refractivity contribution >= 4 is 24.8 Å². The Morgan fingerprint density at radius 1 is 0.704 bits per heavy atom. The molecule has 27 heavy (non-hydrogen) atoms. The third kappa shape index (κ3) is 7.46. The van der Waals surface area contributed by atoms with Gasteiger partial charge in [0, 0.05) is 25.2 Å². The van der Waals surface area contributed by atoms with Crippen LogP contribution in [-0.4, -0.2) is 12.1 Å². The van der Waals surface area contributed by atoms with E-state index in [1.165, 1.54) is 47.9 Å². The minimum atomic E-state index is 0. The molecule has 3 rings (SSSR count). The average Bonchev–Trinajstić information content (AvgIpc) is 2.67. The minimum Gasteiger partial charge on any atom is -0.308 e. The second-order valence-corrected chi connectivity index (χ2v) is 7.41. The minimum absolute atomic E-state index is 0. The third-order valence-corrected chi connectivity index (χ3v) is 5.45. The number of hydrogen-bond donors (Lipinski definition) is 2. The van der Waals surface area contributed by atoms with E-state index in [1.54, 1.807) is 0 Å². The molecule has 1 aliphatic carbocycles. The number of hydrogen-bond acceptors (Lipinski definition) is 2. The smallest absolute Gasteiger partial charge is 0.0224 e. The number of nitrogens with one attached hydrogen (secondary N) is 2. The molecular formula is C23H34Cl2N2. The van der Waals surface area contributed by atoms with E-state index in [2.05, 4.69) is 73.0 Å². The van der Waals surface area contributed by atoms with Crippen LogP contribution in [0.15, 0.2) is 48.5 Å². The molecule has 0 aromatic heterocycles. The molecule has 0 aliphatic heterocycles. The zero-order valence-electron chi connectivity index (χ0n) is 16.5. The lowest BCUT2D eigenvalue weighted by Gasteiger charge is -2.33. The molecule has 2 atom stereocenters. The molecule has 2 unspecified atom stereocenters. The van der Waals surface area contributed by atoms with Gasteiger partial charge in [0.15, 0.2) is 0 Å². The van der Waals surface area contributed by atoms with E-state index in [1.807, 2.05) is 0 Å². The van der Waals surface area contributed by atoms with E-state index in [0.29, 0.717) is 12.1 Å². The van der Waals surface area contributed by atoms with Crippen LogP contribution in [0.25, 0.3) is 0 Å². The molecule has 1 fully saturated rings. The molecule has 2 N–H and O–H groups in total. The lowest BCUT2D eigenvalue weighted by molar-refractivity contribution is 0.281. The topological polar surface area (TPSA) is 24.1 Å². The zero-order valence-corrected chi connectivity index (χ0v) is 18.2. The van der Waals surface area contributed by atoms with Crippen molar-refractivity contribution in [2.75, 3.05) is 0 Å². The third-order valence-electron chi connectivity index (χ3n) is 5.45. The van der Waals surface area contributed by atoms with Crippen molar-refractivity contribution in [3.8, 4) is 0 Å². The summed E-state index contributed by atoms with van der Waals surface area (Å²) in [4.78, 5) is 0. The first-order valence-corrected chi connectivity index (χ1v) is 9.84. The number of rotatable bonds is 7. The van der Waals surface area contributed by atoms with Gasteiger partial charge >= 0.3 is 0 Å². The Hall–Kier alpha value is -1.06. The first kappa shape index (κ1) is 24.0. The highest BCUT2D eigenvalue weighted by Gasteiger charge is 2.24. The maximum Gasteiger partial charge on any atom is 0.0224 e. The van der Waals surface area contributed by atoms with Crippen LogP contribution in [0.2, 0.25) is 0 Å². The highest BCUT2D eigenvalue weighted by Crippen LogP contribution is 2.20. The van der Waals surface area contributed by atoms with Crippen LogP contribution in [0.3, 0.4) is 0 Å². The number of halogens is 2. The van der Waals surface area contributed by atoms with E-state index >= 15 is 0 Å². The Morgan fingerprint density at radius 3 is 1.56 bits per heavy atom. The van der Waals surface area contributed by atoms with E-state index in [9.17, 15) is 0 Å². The van der Waals surface area contributed by atoms with Crippen LogP contribution in [-0.2, 0) is 19.5 Å². The Kier molecular flexibility index (Phi) is 11.0. The highest BCUT2D eigenvalue weighted by atomic mass is 35.5. The van der Waals surface area contributed by atoms with Crippen molar-refractivity contribution in [2.24, 2.45) is 0 Å². The first-order valence-electron chi connectivity index (χ1n) is 9.84. The summed E-state index contributed by atoms with van der Waals surface area (Å²) in [5.41, 5.74) is 5.51. The van der Waals surface area contributed by atoms with Crippen LogP contribution in [0, 0.1) is 6.92 Å². The zero-order chi connectivity index (χ0) is 17.5. The summed E-state index contributed by atoms with van der Waals surface area (Å²) >= 11 is 0. The largest absolute Gasteiger partial charge is 0.308 e. The van der Waals surface area contributed by atoms with Gasteiger partial charge in [0.05, 0.1) is 0 Å². The van der Waals surface area contributed by atoms with Crippen LogP contribution < -0.4 is 10.6 Å². The molecule has 0 spiro atoms. The predicted molar refractivity (Wildman–Crippen MR) is 121 cm³/mol. The molecule has 0 heterocycles. The number of benzene rings is 2. The number of aryl methyl sites for hydroxylation is 2. The summed E-state index contributed by atoms with van der Waals surface area (Å²) in [6.45, 7) is 6.29. The van der Waals surface area contributed by atoms with Gasteiger partial charge in [0.2, 0.25) is 0 Å². The molecule has 0 radical (unpaired) electrons. The van der Waals surface area contributed by atoms with Gasteiger partial charge in [-0.25, -0.2) is 0 Å². The quantitative estimate of drug-likeness (QED) is 0.623. The van der Waals surface area contributed by atoms with Gasteiger partial charge in [-0.05, 0) is 42.9 Å². The molecule has 0 amide bonds. The van der Waals surface area contributed by atoms with Gasteiger partial charge in [0.25, 0.3) is 0 Å². The fourth-order valence-corrected chi connectivity index (χ4v) is 3.72. The van der Waals surface area contributed by atoms with Gasteiger partial charge in [-0.2, -0.15) is 0 Å². The Labute approximate surface area is 177 Å². The molecule has 2 aromatic rings. The molecule has 1 saturated carbocycles. The van der Waals surface area contributed by atoms with Gasteiger partial charge in [0.1, 0.15) is 0 Å². The van der Waals surface area contributed by atoms with Crippen molar-refractivity contribution in [1.82, 2.24) is 10.6 Å². The van der Waals surface area contributed by atoms with Crippen molar-refractivity contribution in [3.05, 3.63) is 70.8 Å². The van der Waals surface area contributed by atoms with Crippen molar-refractivity contribution in [3.63, 3.8) is 0 Å². The average molecular weight is 409 g/mol. The molecule has 0 bridgehead atoms. The summed E-state index contributed by atoms with van der Waals surface area (Å²) < 4.78 is 0. The van der Waals surface area contributed by atoms with Crippen LogP contribution in [0.1, 0.15) is 54.9 Å². The van der Waals surface area contributed by atoms with E-state index in [-0.39, 0.29) is 24.8 Å². The molecule has 2 nitrogen and oxygen atoms in total. The molecule has 2 aromatic carbocycles. The van der Waals surface area contributed by atoms with Crippen LogP contribution in [0.5, 0.6) is 0 Å². The molecule has 4 heteroatoms. The lowest BCUT2D eigenvalue weighted by atomic mass is 9.90. The summed E-state index contributed by atoms with van der Waals surface area (Å²) in [5, 5.41) is 7.61. The molecule has 150 valence electrons. The van der Waals surface area contributed by atoms with Gasteiger partial charge in [-0.15, -0.1) is 24.8 Å². The molecular weight excluding hydrogens is 375 g/mol. The van der Waals surface area contributed by atoms with E-state index < -0.39 is 0 Å². The second-order valence-electron chi connectivity index (χ2n) is 7.41. The summed E-state index contributed by atoms with van der Waals surface area (Å²) in [6.07, 6.45) is 6.35. The Balaban J connectivity index is 0.00000182. The standard InChI is InChI=1S/C23H32N2.2ClH/c1-3-19-12-14-21(15-13-19)17-25-23-7-5-4-6-22(23)24-16-20-10-8-18(2)9-11-20;;/h8-15,22-25H,3-7,16-17H2,1-2H3;2*1H. The van der Waals surface area contributed by atoms with Crippen molar-refractivity contribution in [1.29, 1.82) is 0 Å². The summed E-state index contributed by atoms with van der Waals surface area (Å²) in [6, 6.07) is 19.1. The van der Waals surface area contributed by atoms with Crippen LogP contribution in [0.4, 0.5) is 0 Å². The first-order chi connectivity index (χ1) is 12.2. The lowest BCUT2D eigenvalue weighted by Crippen LogP contribution is -2.49. The highest BCUT2D eigenvalue weighted by molar-refractivity contribution is 5.85. The second kappa shape index (κ2) is 12.4. The van der Waals surface area contributed by atoms with Gasteiger partial charge < -0.3 is 10.6 Å². The monoisotopic (exact) mass is 408 g/mol. The molecule has 0 saturated heterocycles. The summed E-state index contributed by atoms with van der Waals surface area (Å²) in [5.74, 6) is 0. The van der Waals surface area contributed by atoms with Crippen molar-refractivity contribution < 1.29 is 0 Å². The SMILES string of the molecule is CCc1ccc(CNC2CCCCC2NCc2ccc(C)cc2)cc1.Cl.Cl. The van der Waals surface area contributed by atoms with E-state index in [0.717, 1.165) is 19.5 Å². The van der Waals surface area contributed by atoms with Gasteiger partial charge in [-0.1, -0.05) is 73.9 Å². The normalized spacial score (nSPS) is 19.0. The Morgan fingerprint density at radius 2 is 1.11 bits per heavy atom. The van der Waals surface area contributed by atoms with Crippen LogP contribution >= 0.6 is 24.8 Å². The van der Waals surface area contributed by atoms with Gasteiger partial charge in [-0.3, -0.25) is 0 Å². The van der Waals surface area contributed by atoms with E-state index in [4.69, 9.17) is 0 Å². The fourth-order valence-electron chi connectivity index (χ4n) is 3.72.